The number of esters is 1. The summed E-state index contributed by atoms with van der Waals surface area (Å²) in [5, 5.41) is 0. The van der Waals surface area contributed by atoms with Crippen LogP contribution < -0.4 is 4.90 Å². The van der Waals surface area contributed by atoms with Crippen molar-refractivity contribution in [3.8, 4) is 0 Å². The van der Waals surface area contributed by atoms with Gasteiger partial charge in [0.2, 0.25) is 0 Å². The summed E-state index contributed by atoms with van der Waals surface area (Å²) in [7, 11) is 3.25. The Hall–Kier alpha value is -2.38. The lowest BCUT2D eigenvalue weighted by atomic mass is 10.0. The van der Waals surface area contributed by atoms with E-state index in [-0.39, 0.29) is 17.8 Å². The Bertz CT molecular complexity index is 604. The molecule has 2 rings (SSSR count). The van der Waals surface area contributed by atoms with E-state index in [9.17, 15) is 9.59 Å². The summed E-state index contributed by atoms with van der Waals surface area (Å²) < 4.78 is 10.0. The number of rotatable bonds is 3. The van der Waals surface area contributed by atoms with E-state index in [2.05, 4.69) is 14.7 Å². The number of amides is 1. The minimum atomic E-state index is -0.507. The highest BCUT2D eigenvalue weighted by molar-refractivity contribution is 5.86. The highest BCUT2D eigenvalue weighted by Gasteiger charge is 2.29. The van der Waals surface area contributed by atoms with Crippen LogP contribution in [-0.2, 0) is 9.47 Å². The van der Waals surface area contributed by atoms with Crippen LogP contribution in [0.2, 0.25) is 0 Å². The number of carbonyl (C=O) groups is 2. The Balaban J connectivity index is 1.91. The number of anilines is 1. The van der Waals surface area contributed by atoms with Crippen molar-refractivity contribution in [1.82, 2.24) is 14.9 Å². The van der Waals surface area contributed by atoms with Crippen molar-refractivity contribution < 1.29 is 19.1 Å². The minimum absolute atomic E-state index is 0.180. The topological polar surface area (TPSA) is 84.9 Å². The maximum atomic E-state index is 12.1. The van der Waals surface area contributed by atoms with Crippen LogP contribution in [0.25, 0.3) is 0 Å². The quantitative estimate of drug-likeness (QED) is 0.772. The van der Waals surface area contributed by atoms with Crippen LogP contribution in [-0.4, -0.2) is 65.8 Å². The molecule has 8 heteroatoms. The first-order chi connectivity index (χ1) is 11.7. The maximum Gasteiger partial charge on any atom is 0.410 e. The van der Waals surface area contributed by atoms with Gasteiger partial charge in [-0.1, -0.05) is 0 Å². The molecule has 0 aromatic carbocycles. The van der Waals surface area contributed by atoms with Gasteiger partial charge in [-0.25, -0.2) is 19.6 Å². The van der Waals surface area contributed by atoms with Gasteiger partial charge in [-0.3, -0.25) is 0 Å². The van der Waals surface area contributed by atoms with Gasteiger partial charge in [-0.05, 0) is 33.6 Å². The third-order valence-corrected chi connectivity index (χ3v) is 4.06. The molecule has 0 N–H and O–H groups in total. The van der Waals surface area contributed by atoms with Crippen LogP contribution in [0.5, 0.6) is 0 Å². The highest BCUT2D eigenvalue weighted by atomic mass is 16.6. The zero-order valence-electron chi connectivity index (χ0n) is 15.5. The number of likely N-dealkylation sites (tertiary alicyclic amines) is 1. The minimum Gasteiger partial charge on any atom is -0.464 e. The normalized spacial score (nSPS) is 15.6. The molecule has 1 aliphatic rings. The van der Waals surface area contributed by atoms with Crippen LogP contribution in [0, 0.1) is 0 Å². The van der Waals surface area contributed by atoms with E-state index < -0.39 is 11.6 Å². The van der Waals surface area contributed by atoms with Crippen molar-refractivity contribution in [1.29, 1.82) is 0 Å². The van der Waals surface area contributed by atoms with Crippen molar-refractivity contribution in [3.05, 3.63) is 18.1 Å². The highest BCUT2D eigenvalue weighted by Crippen LogP contribution is 2.21. The Kier molecular flexibility index (Phi) is 5.81. The number of methoxy groups -OCH3 is 1. The molecule has 0 aliphatic carbocycles. The molecule has 1 aliphatic heterocycles. The molecule has 25 heavy (non-hydrogen) atoms. The van der Waals surface area contributed by atoms with Crippen LogP contribution in [0.3, 0.4) is 0 Å². The lowest BCUT2D eigenvalue weighted by Crippen LogP contribution is -2.47. The Labute approximate surface area is 148 Å². The van der Waals surface area contributed by atoms with Gasteiger partial charge in [0.15, 0.2) is 5.69 Å². The summed E-state index contributed by atoms with van der Waals surface area (Å²) in [6.45, 7) is 6.86. The molecule has 0 saturated carbocycles. The summed E-state index contributed by atoms with van der Waals surface area (Å²) in [5.41, 5.74) is -0.304. The van der Waals surface area contributed by atoms with E-state index in [0.717, 1.165) is 12.8 Å². The Morgan fingerprint density at radius 3 is 2.32 bits per heavy atom. The van der Waals surface area contributed by atoms with Gasteiger partial charge in [0.1, 0.15) is 11.4 Å². The van der Waals surface area contributed by atoms with Crippen molar-refractivity contribution >= 4 is 17.9 Å². The summed E-state index contributed by atoms with van der Waals surface area (Å²) in [4.78, 5) is 35.7. The van der Waals surface area contributed by atoms with E-state index in [0.29, 0.717) is 18.9 Å². The summed E-state index contributed by atoms with van der Waals surface area (Å²) in [6, 6.07) is 0.247. The first-order valence-corrected chi connectivity index (χ1v) is 8.32. The van der Waals surface area contributed by atoms with Gasteiger partial charge in [0, 0.05) is 26.2 Å². The van der Waals surface area contributed by atoms with E-state index in [1.165, 1.54) is 13.3 Å². The molecule has 0 spiro atoms. The van der Waals surface area contributed by atoms with Crippen molar-refractivity contribution in [2.45, 2.75) is 45.3 Å². The van der Waals surface area contributed by atoms with Crippen LogP contribution >= 0.6 is 0 Å². The fraction of sp³-hybridized carbons (Fsp3) is 0.647. The van der Waals surface area contributed by atoms with E-state index in [1.807, 2.05) is 32.7 Å². The second-order valence-corrected chi connectivity index (χ2v) is 7.06. The lowest BCUT2D eigenvalue weighted by Gasteiger charge is -2.37. The van der Waals surface area contributed by atoms with E-state index in [1.54, 1.807) is 11.1 Å². The molecule has 8 nitrogen and oxygen atoms in total. The number of aromatic nitrogens is 2. The van der Waals surface area contributed by atoms with Gasteiger partial charge in [-0.2, -0.15) is 0 Å². The standard InChI is InChI=1S/C17H26N4O4/c1-17(2,3)25-16(23)21-8-6-12(7-9-21)20(4)14-11-18-13(10-19-14)15(22)24-5/h10-12H,6-9H2,1-5H3. The Morgan fingerprint density at radius 2 is 1.84 bits per heavy atom. The SMILES string of the molecule is COC(=O)c1cnc(N(C)C2CCN(C(=O)OC(C)(C)C)CC2)cn1. The molecule has 1 aromatic heterocycles. The molecule has 2 heterocycles. The summed E-state index contributed by atoms with van der Waals surface area (Å²) >= 11 is 0. The maximum absolute atomic E-state index is 12.1. The van der Waals surface area contributed by atoms with Gasteiger partial charge < -0.3 is 19.3 Å². The largest absolute Gasteiger partial charge is 0.464 e. The molecule has 138 valence electrons. The molecule has 0 radical (unpaired) electrons. The molecule has 0 unspecified atom stereocenters. The van der Waals surface area contributed by atoms with E-state index >= 15 is 0 Å². The summed E-state index contributed by atoms with van der Waals surface area (Å²) in [5.74, 6) is 0.177. The van der Waals surface area contributed by atoms with Gasteiger partial charge in [-0.15, -0.1) is 0 Å². The number of hydrogen-bond acceptors (Lipinski definition) is 7. The number of nitrogens with zero attached hydrogens (tertiary/aromatic N) is 4. The summed E-state index contributed by atoms with van der Waals surface area (Å²) in [6.07, 6.45) is 4.34. The monoisotopic (exact) mass is 350 g/mol. The van der Waals surface area contributed by atoms with Gasteiger partial charge >= 0.3 is 12.1 Å². The number of hydrogen-bond donors (Lipinski definition) is 0. The van der Waals surface area contributed by atoms with Crippen molar-refractivity contribution in [2.24, 2.45) is 0 Å². The first-order valence-electron chi connectivity index (χ1n) is 8.32. The fourth-order valence-corrected chi connectivity index (χ4v) is 2.66. The second-order valence-electron chi connectivity index (χ2n) is 7.06. The first kappa shape index (κ1) is 19.0. The smallest absolute Gasteiger partial charge is 0.410 e. The average Bonchev–Trinajstić information content (AvgIpc) is 2.59. The third kappa shape index (κ3) is 5.04. The van der Waals surface area contributed by atoms with Gasteiger partial charge in [0.05, 0.1) is 19.5 Å². The van der Waals surface area contributed by atoms with Crippen LogP contribution in [0.1, 0.15) is 44.1 Å². The van der Waals surface area contributed by atoms with Crippen LogP contribution in [0.15, 0.2) is 12.4 Å². The molecule has 1 fully saturated rings. The Morgan fingerprint density at radius 1 is 1.20 bits per heavy atom. The zero-order valence-corrected chi connectivity index (χ0v) is 15.5. The molecule has 0 atom stereocenters. The second kappa shape index (κ2) is 7.67. The molecule has 0 bridgehead atoms. The fourth-order valence-electron chi connectivity index (χ4n) is 2.66. The molecule has 1 aromatic rings. The molecular formula is C17H26N4O4. The molecule has 1 amide bonds. The predicted molar refractivity (Wildman–Crippen MR) is 92.6 cm³/mol. The zero-order chi connectivity index (χ0) is 18.6. The third-order valence-electron chi connectivity index (χ3n) is 4.06. The number of ether oxygens (including phenoxy) is 2. The van der Waals surface area contributed by atoms with Crippen LogP contribution in [0.4, 0.5) is 10.6 Å². The number of piperidine rings is 1. The van der Waals surface area contributed by atoms with Crippen molar-refractivity contribution in [3.63, 3.8) is 0 Å². The molecule has 1 saturated heterocycles. The average molecular weight is 350 g/mol. The lowest BCUT2D eigenvalue weighted by molar-refractivity contribution is 0.0205. The van der Waals surface area contributed by atoms with Crippen molar-refractivity contribution in [2.75, 3.05) is 32.1 Å². The number of carbonyl (C=O) groups excluding carboxylic acids is 2. The van der Waals surface area contributed by atoms with E-state index in [4.69, 9.17) is 4.74 Å². The predicted octanol–water partition coefficient (Wildman–Crippen LogP) is 2.10. The molecular weight excluding hydrogens is 324 g/mol. The van der Waals surface area contributed by atoms with Gasteiger partial charge in [0.25, 0.3) is 0 Å².